The first-order valence-corrected chi connectivity index (χ1v) is 9.21. The number of rotatable bonds is 5. The molecule has 0 spiro atoms. The summed E-state index contributed by atoms with van der Waals surface area (Å²) in [7, 11) is 4.18. The number of nitrogens with zero attached hydrogens (tertiary/aromatic N) is 1. The Labute approximate surface area is 148 Å². The molecule has 0 bridgehead atoms. The van der Waals surface area contributed by atoms with Gasteiger partial charge in [-0.1, -0.05) is 49.0 Å². The highest BCUT2D eigenvalue weighted by Crippen LogP contribution is 2.45. The molecule has 0 aromatic heterocycles. The third kappa shape index (κ3) is 3.47. The quantitative estimate of drug-likeness (QED) is 0.602. The maximum Gasteiger partial charge on any atom is 0.162 e. The Morgan fingerprint density at radius 2 is 1.83 bits per heavy atom. The van der Waals surface area contributed by atoms with Crippen LogP contribution in [0.2, 0.25) is 0 Å². The molecule has 0 atom stereocenters. The van der Waals surface area contributed by atoms with E-state index < -0.39 is 0 Å². The number of benzene rings is 2. The Kier molecular flexibility index (Phi) is 5.22. The fourth-order valence-electron chi connectivity index (χ4n) is 2.94. The molecule has 3 heteroatoms. The zero-order chi connectivity index (χ0) is 17.1. The van der Waals surface area contributed by atoms with Crippen molar-refractivity contribution in [3.05, 3.63) is 65.2 Å². The van der Waals surface area contributed by atoms with Crippen LogP contribution in [0.15, 0.2) is 58.3 Å². The molecule has 2 nitrogen and oxygen atoms in total. The largest absolute Gasteiger partial charge is 0.309 e. The monoisotopic (exact) mass is 337 g/mol. The molecule has 0 saturated carbocycles. The van der Waals surface area contributed by atoms with E-state index in [0.29, 0.717) is 6.42 Å². The van der Waals surface area contributed by atoms with Gasteiger partial charge >= 0.3 is 0 Å². The first-order chi connectivity index (χ1) is 11.6. The molecule has 2 aromatic carbocycles. The lowest BCUT2D eigenvalue weighted by atomic mass is 9.93. The van der Waals surface area contributed by atoms with Crippen molar-refractivity contribution < 1.29 is 4.79 Å². The van der Waals surface area contributed by atoms with E-state index in [-0.39, 0.29) is 5.78 Å². The molecular formula is C21H23NOS. The molecule has 1 aliphatic heterocycles. The van der Waals surface area contributed by atoms with Crippen LogP contribution >= 0.6 is 11.8 Å². The van der Waals surface area contributed by atoms with Crippen molar-refractivity contribution in [2.45, 2.75) is 29.6 Å². The molecular weight excluding hydrogens is 314 g/mol. The number of Topliss-reactive ketones (excluding diaryl/α,β-unsaturated/α-hetero) is 1. The van der Waals surface area contributed by atoms with Gasteiger partial charge < -0.3 is 4.90 Å². The topological polar surface area (TPSA) is 20.3 Å². The zero-order valence-electron chi connectivity index (χ0n) is 14.5. The summed E-state index contributed by atoms with van der Waals surface area (Å²) >= 11 is 1.79. The van der Waals surface area contributed by atoms with E-state index in [1.807, 2.05) is 13.0 Å². The summed E-state index contributed by atoms with van der Waals surface area (Å²) in [6, 6.07) is 14.7. The van der Waals surface area contributed by atoms with Crippen molar-refractivity contribution in [1.29, 1.82) is 0 Å². The molecule has 0 amide bonds. The van der Waals surface area contributed by atoms with Crippen LogP contribution in [0.4, 0.5) is 0 Å². The fourth-order valence-corrected chi connectivity index (χ4v) is 4.02. The van der Waals surface area contributed by atoms with Crippen LogP contribution in [0.5, 0.6) is 0 Å². The van der Waals surface area contributed by atoms with Crippen LogP contribution in [0.1, 0.15) is 41.3 Å². The second kappa shape index (κ2) is 7.37. The summed E-state index contributed by atoms with van der Waals surface area (Å²) < 4.78 is 0. The Morgan fingerprint density at radius 1 is 1.08 bits per heavy atom. The van der Waals surface area contributed by atoms with E-state index in [0.717, 1.165) is 18.5 Å². The standard InChI is InChI=1S/C21H23NOS/c1-4-19(23)15-11-12-21-18(14-15)16(9-7-13-22(2)3)17-8-5-6-10-20(17)24-21/h5-6,8-12,14H,4,7,13H2,1-3H3/b16-9-. The molecule has 0 fully saturated rings. The molecule has 124 valence electrons. The minimum Gasteiger partial charge on any atom is -0.309 e. The van der Waals surface area contributed by atoms with E-state index in [9.17, 15) is 4.79 Å². The van der Waals surface area contributed by atoms with E-state index in [2.05, 4.69) is 61.5 Å². The smallest absolute Gasteiger partial charge is 0.162 e. The van der Waals surface area contributed by atoms with E-state index in [1.54, 1.807) is 11.8 Å². The van der Waals surface area contributed by atoms with Crippen LogP contribution < -0.4 is 0 Å². The second-order valence-electron chi connectivity index (χ2n) is 6.30. The number of carbonyl (C=O) groups is 1. The van der Waals surface area contributed by atoms with Crippen LogP contribution in [0.3, 0.4) is 0 Å². The van der Waals surface area contributed by atoms with Gasteiger partial charge in [-0.25, -0.2) is 0 Å². The molecule has 0 unspecified atom stereocenters. The summed E-state index contributed by atoms with van der Waals surface area (Å²) in [5.41, 5.74) is 4.54. The fraction of sp³-hybridized carbons (Fsp3) is 0.286. The summed E-state index contributed by atoms with van der Waals surface area (Å²) in [6.45, 7) is 2.93. The van der Waals surface area contributed by atoms with Gasteiger partial charge in [-0.2, -0.15) is 0 Å². The van der Waals surface area contributed by atoms with Crippen LogP contribution in [0.25, 0.3) is 5.57 Å². The molecule has 0 aliphatic carbocycles. The minimum atomic E-state index is 0.203. The van der Waals surface area contributed by atoms with Gasteiger partial charge in [-0.05, 0) is 55.4 Å². The van der Waals surface area contributed by atoms with Gasteiger partial charge in [0.15, 0.2) is 5.78 Å². The lowest BCUT2D eigenvalue weighted by molar-refractivity contribution is 0.0988. The maximum atomic E-state index is 12.1. The number of hydrogen-bond donors (Lipinski definition) is 0. The van der Waals surface area contributed by atoms with Crippen molar-refractivity contribution in [3.8, 4) is 0 Å². The number of hydrogen-bond acceptors (Lipinski definition) is 3. The SMILES string of the molecule is CCC(=O)c1ccc2c(c1)/C(=C\CCN(C)C)c1ccccc1S2. The van der Waals surface area contributed by atoms with Crippen LogP contribution in [-0.4, -0.2) is 31.3 Å². The van der Waals surface area contributed by atoms with E-state index in [1.165, 1.54) is 26.5 Å². The highest BCUT2D eigenvalue weighted by molar-refractivity contribution is 7.99. The lowest BCUT2D eigenvalue weighted by Crippen LogP contribution is -2.12. The molecule has 2 aromatic rings. The first-order valence-electron chi connectivity index (χ1n) is 8.40. The second-order valence-corrected chi connectivity index (χ2v) is 7.38. The lowest BCUT2D eigenvalue weighted by Gasteiger charge is -2.23. The zero-order valence-corrected chi connectivity index (χ0v) is 15.3. The van der Waals surface area contributed by atoms with E-state index >= 15 is 0 Å². The number of carbonyl (C=O) groups excluding carboxylic acids is 1. The summed E-state index contributed by atoms with van der Waals surface area (Å²) in [4.78, 5) is 16.8. The normalized spacial score (nSPS) is 14.6. The Hall–Kier alpha value is -1.84. The molecule has 0 N–H and O–H groups in total. The van der Waals surface area contributed by atoms with Gasteiger partial charge in [0.2, 0.25) is 0 Å². The Balaban J connectivity index is 2.07. The first kappa shape index (κ1) is 17.0. The van der Waals surface area contributed by atoms with Crippen molar-refractivity contribution in [2.24, 2.45) is 0 Å². The Morgan fingerprint density at radius 3 is 2.58 bits per heavy atom. The van der Waals surface area contributed by atoms with Gasteiger partial charge in [0.05, 0.1) is 0 Å². The predicted molar refractivity (Wildman–Crippen MR) is 102 cm³/mol. The summed E-state index contributed by atoms with van der Waals surface area (Å²) in [5.74, 6) is 0.203. The summed E-state index contributed by atoms with van der Waals surface area (Å²) in [5, 5.41) is 0. The van der Waals surface area contributed by atoms with Crippen molar-refractivity contribution >= 4 is 23.1 Å². The molecule has 0 radical (unpaired) electrons. The molecule has 1 aliphatic rings. The molecule has 1 heterocycles. The van der Waals surface area contributed by atoms with Gasteiger partial charge in [0, 0.05) is 28.3 Å². The summed E-state index contributed by atoms with van der Waals surface area (Å²) in [6.07, 6.45) is 3.85. The third-order valence-electron chi connectivity index (χ3n) is 4.23. The van der Waals surface area contributed by atoms with Gasteiger partial charge in [0.25, 0.3) is 0 Å². The van der Waals surface area contributed by atoms with Crippen LogP contribution in [-0.2, 0) is 0 Å². The Bertz CT molecular complexity index is 792. The third-order valence-corrected chi connectivity index (χ3v) is 5.39. The molecule has 24 heavy (non-hydrogen) atoms. The highest BCUT2D eigenvalue weighted by atomic mass is 32.2. The van der Waals surface area contributed by atoms with Crippen molar-refractivity contribution in [2.75, 3.05) is 20.6 Å². The van der Waals surface area contributed by atoms with Crippen LogP contribution in [0, 0.1) is 0 Å². The number of ketones is 1. The van der Waals surface area contributed by atoms with Gasteiger partial charge in [-0.15, -0.1) is 0 Å². The van der Waals surface area contributed by atoms with Crippen molar-refractivity contribution in [1.82, 2.24) is 4.90 Å². The molecule has 3 rings (SSSR count). The van der Waals surface area contributed by atoms with Crippen molar-refractivity contribution in [3.63, 3.8) is 0 Å². The van der Waals surface area contributed by atoms with E-state index in [4.69, 9.17) is 0 Å². The average molecular weight is 337 g/mol. The minimum absolute atomic E-state index is 0.203. The predicted octanol–water partition coefficient (Wildman–Crippen LogP) is 5.13. The van der Waals surface area contributed by atoms with Gasteiger partial charge in [0.1, 0.15) is 0 Å². The highest BCUT2D eigenvalue weighted by Gasteiger charge is 2.21. The maximum absolute atomic E-state index is 12.1. The number of fused-ring (bicyclic) bond motifs is 2. The van der Waals surface area contributed by atoms with Gasteiger partial charge in [-0.3, -0.25) is 4.79 Å². The average Bonchev–Trinajstić information content (AvgIpc) is 2.59. The molecule has 0 saturated heterocycles.